The van der Waals surface area contributed by atoms with Gasteiger partial charge in [-0.05, 0) is 43.1 Å². The van der Waals surface area contributed by atoms with Crippen molar-refractivity contribution in [2.75, 3.05) is 0 Å². The van der Waals surface area contributed by atoms with E-state index in [1.807, 2.05) is 22.8 Å². The SMILES string of the molecule is Cc1nc2c3c4c(sc3ncn2n1)CC(C(C)(C)C)CC4. The van der Waals surface area contributed by atoms with E-state index < -0.39 is 0 Å². The van der Waals surface area contributed by atoms with Gasteiger partial charge < -0.3 is 0 Å². The number of aromatic nitrogens is 4. The fourth-order valence-corrected chi connectivity index (χ4v) is 4.68. The third-order valence-corrected chi connectivity index (χ3v) is 5.88. The van der Waals surface area contributed by atoms with Crippen LogP contribution in [0.25, 0.3) is 15.9 Å². The first-order valence-electron chi connectivity index (χ1n) is 7.55. The summed E-state index contributed by atoms with van der Waals surface area (Å²) in [5, 5.41) is 5.63. The molecule has 5 heteroatoms. The molecular weight excluding hydrogens is 280 g/mol. The number of hydrogen-bond donors (Lipinski definition) is 0. The third-order valence-electron chi connectivity index (χ3n) is 4.72. The lowest BCUT2D eigenvalue weighted by atomic mass is 9.72. The van der Waals surface area contributed by atoms with Gasteiger partial charge in [-0.15, -0.1) is 11.3 Å². The lowest BCUT2D eigenvalue weighted by Gasteiger charge is -2.33. The molecule has 4 rings (SSSR count). The van der Waals surface area contributed by atoms with E-state index in [-0.39, 0.29) is 0 Å². The van der Waals surface area contributed by atoms with E-state index in [2.05, 4.69) is 35.8 Å². The summed E-state index contributed by atoms with van der Waals surface area (Å²) >= 11 is 1.85. The molecular formula is C16H20N4S. The Morgan fingerprint density at radius 3 is 2.90 bits per heavy atom. The van der Waals surface area contributed by atoms with Crippen molar-refractivity contribution in [3.05, 3.63) is 22.6 Å². The Morgan fingerprint density at radius 2 is 2.14 bits per heavy atom. The first-order valence-corrected chi connectivity index (χ1v) is 8.37. The van der Waals surface area contributed by atoms with Gasteiger partial charge in [-0.25, -0.2) is 14.5 Å². The largest absolute Gasteiger partial charge is 0.225 e. The molecule has 21 heavy (non-hydrogen) atoms. The lowest BCUT2D eigenvalue weighted by molar-refractivity contribution is 0.218. The molecule has 0 spiro atoms. The van der Waals surface area contributed by atoms with Crippen LogP contribution in [0.3, 0.4) is 0 Å². The van der Waals surface area contributed by atoms with Crippen molar-refractivity contribution in [2.24, 2.45) is 11.3 Å². The first kappa shape index (κ1) is 13.2. The molecule has 3 heterocycles. The highest BCUT2D eigenvalue weighted by atomic mass is 32.1. The van der Waals surface area contributed by atoms with Gasteiger partial charge in [0.05, 0.1) is 5.39 Å². The summed E-state index contributed by atoms with van der Waals surface area (Å²) in [5.74, 6) is 1.57. The van der Waals surface area contributed by atoms with Crippen LogP contribution in [-0.2, 0) is 12.8 Å². The van der Waals surface area contributed by atoms with Crippen LogP contribution in [0.5, 0.6) is 0 Å². The van der Waals surface area contributed by atoms with E-state index in [0.717, 1.165) is 28.6 Å². The van der Waals surface area contributed by atoms with Gasteiger partial charge >= 0.3 is 0 Å². The van der Waals surface area contributed by atoms with Gasteiger partial charge in [0.2, 0.25) is 0 Å². The summed E-state index contributed by atoms with van der Waals surface area (Å²) in [4.78, 5) is 11.8. The summed E-state index contributed by atoms with van der Waals surface area (Å²) in [6, 6.07) is 0. The molecule has 0 aliphatic heterocycles. The second kappa shape index (κ2) is 4.26. The smallest absolute Gasteiger partial charge is 0.167 e. The zero-order valence-corrected chi connectivity index (χ0v) is 13.8. The summed E-state index contributed by atoms with van der Waals surface area (Å²) in [6.45, 7) is 9.00. The summed E-state index contributed by atoms with van der Waals surface area (Å²) in [5.41, 5.74) is 2.83. The van der Waals surface area contributed by atoms with Crippen LogP contribution < -0.4 is 0 Å². The Balaban J connectivity index is 1.92. The van der Waals surface area contributed by atoms with Crippen molar-refractivity contribution in [3.8, 4) is 0 Å². The van der Waals surface area contributed by atoms with Gasteiger partial charge in [0.15, 0.2) is 5.65 Å². The highest BCUT2D eigenvalue weighted by molar-refractivity contribution is 7.19. The van der Waals surface area contributed by atoms with Gasteiger partial charge in [-0.3, -0.25) is 0 Å². The monoisotopic (exact) mass is 300 g/mol. The predicted octanol–water partition coefficient (Wildman–Crippen LogP) is 3.80. The summed E-state index contributed by atoms with van der Waals surface area (Å²) in [7, 11) is 0. The maximum absolute atomic E-state index is 4.61. The van der Waals surface area contributed by atoms with Gasteiger partial charge in [-0.2, -0.15) is 5.10 Å². The second-order valence-electron chi connectivity index (χ2n) is 7.16. The second-order valence-corrected chi connectivity index (χ2v) is 8.25. The molecule has 0 aromatic carbocycles. The number of nitrogens with zero attached hydrogens (tertiary/aromatic N) is 4. The van der Waals surface area contributed by atoms with Crippen LogP contribution in [0.4, 0.5) is 0 Å². The van der Waals surface area contributed by atoms with Gasteiger partial charge in [0, 0.05) is 4.88 Å². The Kier molecular flexibility index (Phi) is 2.67. The Labute approximate surface area is 128 Å². The van der Waals surface area contributed by atoms with Crippen LogP contribution in [0.1, 0.15) is 43.5 Å². The molecule has 110 valence electrons. The van der Waals surface area contributed by atoms with Crippen LogP contribution >= 0.6 is 11.3 Å². The minimum Gasteiger partial charge on any atom is -0.225 e. The standard InChI is InChI=1S/C16H20N4S/c1-9-18-14-13-11-6-5-10(16(2,3)4)7-12(11)21-15(13)17-8-20(14)19-9/h8,10H,5-7H2,1-4H3. The first-order chi connectivity index (χ1) is 9.93. The van der Waals surface area contributed by atoms with Crippen molar-refractivity contribution in [3.63, 3.8) is 0 Å². The lowest BCUT2D eigenvalue weighted by Crippen LogP contribution is -2.26. The summed E-state index contributed by atoms with van der Waals surface area (Å²) < 4.78 is 1.82. The Morgan fingerprint density at radius 1 is 1.33 bits per heavy atom. The van der Waals surface area contributed by atoms with Crippen molar-refractivity contribution in [1.29, 1.82) is 0 Å². The molecule has 0 saturated carbocycles. The van der Waals surface area contributed by atoms with E-state index in [4.69, 9.17) is 0 Å². The fourth-order valence-electron chi connectivity index (χ4n) is 3.42. The normalized spacial score (nSPS) is 19.3. The molecule has 1 aliphatic rings. The third kappa shape index (κ3) is 1.98. The number of aryl methyl sites for hydroxylation is 2. The van der Waals surface area contributed by atoms with Crippen LogP contribution in [0.2, 0.25) is 0 Å². The molecule has 0 amide bonds. The van der Waals surface area contributed by atoms with Crippen LogP contribution in [0, 0.1) is 18.3 Å². The van der Waals surface area contributed by atoms with Gasteiger partial charge in [0.25, 0.3) is 0 Å². The molecule has 1 aliphatic carbocycles. The highest BCUT2D eigenvalue weighted by Crippen LogP contribution is 2.43. The minimum atomic E-state index is 0.377. The van der Waals surface area contributed by atoms with Gasteiger partial charge in [-0.1, -0.05) is 20.8 Å². The quantitative estimate of drug-likeness (QED) is 0.634. The highest BCUT2D eigenvalue weighted by Gasteiger charge is 2.31. The van der Waals surface area contributed by atoms with E-state index in [0.29, 0.717) is 5.41 Å². The van der Waals surface area contributed by atoms with E-state index in [1.54, 1.807) is 6.33 Å². The molecule has 4 nitrogen and oxygen atoms in total. The number of fused-ring (bicyclic) bond motifs is 5. The Hall–Kier alpha value is -1.49. The summed E-state index contributed by atoms with van der Waals surface area (Å²) in [6.07, 6.45) is 5.38. The van der Waals surface area contributed by atoms with Crippen molar-refractivity contribution >= 4 is 27.2 Å². The predicted molar refractivity (Wildman–Crippen MR) is 85.9 cm³/mol. The van der Waals surface area contributed by atoms with E-state index in [9.17, 15) is 0 Å². The topological polar surface area (TPSA) is 43.1 Å². The maximum atomic E-state index is 4.61. The molecule has 0 bridgehead atoms. The molecule has 0 fully saturated rings. The average Bonchev–Trinajstić information content (AvgIpc) is 2.95. The van der Waals surface area contributed by atoms with Crippen LogP contribution in [-0.4, -0.2) is 19.6 Å². The molecule has 1 unspecified atom stereocenters. The van der Waals surface area contributed by atoms with Crippen molar-refractivity contribution in [1.82, 2.24) is 19.6 Å². The Bertz CT molecular complexity index is 837. The van der Waals surface area contributed by atoms with Crippen molar-refractivity contribution < 1.29 is 0 Å². The molecule has 0 saturated heterocycles. The van der Waals surface area contributed by atoms with E-state index >= 15 is 0 Å². The zero-order valence-electron chi connectivity index (χ0n) is 13.0. The zero-order chi connectivity index (χ0) is 14.8. The molecule has 3 aromatic heterocycles. The average molecular weight is 300 g/mol. The van der Waals surface area contributed by atoms with Gasteiger partial charge in [0.1, 0.15) is 17.0 Å². The molecule has 0 radical (unpaired) electrons. The number of rotatable bonds is 0. The molecule has 3 aromatic rings. The van der Waals surface area contributed by atoms with Crippen molar-refractivity contribution in [2.45, 2.75) is 47.0 Å². The molecule has 0 N–H and O–H groups in total. The number of thiophene rings is 1. The maximum Gasteiger partial charge on any atom is 0.167 e. The minimum absolute atomic E-state index is 0.377. The number of hydrogen-bond acceptors (Lipinski definition) is 4. The fraction of sp³-hybridized carbons (Fsp3) is 0.562. The van der Waals surface area contributed by atoms with Crippen LogP contribution in [0.15, 0.2) is 6.33 Å². The van der Waals surface area contributed by atoms with E-state index in [1.165, 1.54) is 28.7 Å². The molecule has 1 atom stereocenters.